The van der Waals surface area contributed by atoms with Gasteiger partial charge < -0.3 is 18.9 Å². The van der Waals surface area contributed by atoms with E-state index in [0.29, 0.717) is 54.4 Å². The van der Waals surface area contributed by atoms with E-state index in [1.54, 1.807) is 36.4 Å². The van der Waals surface area contributed by atoms with Crippen LogP contribution in [0.15, 0.2) is 97.0 Å². The van der Waals surface area contributed by atoms with E-state index in [0.717, 1.165) is 11.0 Å². The largest absolute Gasteiger partial charge is 0.493 e. The molecule has 0 bridgehead atoms. The average Bonchev–Trinajstić information content (AvgIpc) is 3.31. The number of allylic oxidation sites excluding steroid dienone is 4. The molecule has 10 heteroatoms. The van der Waals surface area contributed by atoms with Gasteiger partial charge in [-0.1, -0.05) is 6.58 Å². The van der Waals surface area contributed by atoms with Crippen molar-refractivity contribution in [3.8, 4) is 5.75 Å². The molecule has 0 spiro atoms. The molecule has 2 aromatic rings. The second-order valence-electron chi connectivity index (χ2n) is 8.54. The Labute approximate surface area is 229 Å². The van der Waals surface area contributed by atoms with Crippen LogP contribution in [0, 0.1) is 0 Å². The van der Waals surface area contributed by atoms with Crippen LogP contribution in [0.3, 0.4) is 0 Å². The zero-order valence-electron chi connectivity index (χ0n) is 21.4. The predicted molar refractivity (Wildman–Crippen MR) is 142 cm³/mol. The number of imide groups is 1. The van der Waals surface area contributed by atoms with Gasteiger partial charge in [-0.05, 0) is 60.7 Å². The highest BCUT2D eigenvalue weighted by Crippen LogP contribution is 2.24. The summed E-state index contributed by atoms with van der Waals surface area (Å²) in [5, 5.41) is 0. The van der Waals surface area contributed by atoms with E-state index in [2.05, 4.69) is 6.58 Å². The minimum atomic E-state index is -0.594. The highest BCUT2D eigenvalue weighted by molar-refractivity contribution is 6.28. The van der Waals surface area contributed by atoms with Crippen molar-refractivity contribution in [2.75, 3.05) is 18.1 Å². The molecule has 0 atom stereocenters. The lowest BCUT2D eigenvalue weighted by molar-refractivity contribution is -0.138. The Balaban J connectivity index is 1.24. The average molecular weight is 544 g/mol. The number of benzene rings is 2. The van der Waals surface area contributed by atoms with Gasteiger partial charge in [0.25, 0.3) is 11.8 Å². The molecule has 2 aliphatic rings. The quantitative estimate of drug-likeness (QED) is 0.135. The van der Waals surface area contributed by atoms with E-state index in [9.17, 15) is 24.0 Å². The zero-order chi connectivity index (χ0) is 28.5. The topological polar surface area (TPSA) is 126 Å². The molecule has 0 saturated heterocycles. The molecule has 0 saturated carbocycles. The molecule has 1 heterocycles. The van der Waals surface area contributed by atoms with Gasteiger partial charge in [0.2, 0.25) is 0 Å². The molecule has 2 amide bonds. The number of carbonyl (C=O) groups is 5. The number of anilines is 1. The van der Waals surface area contributed by atoms with Gasteiger partial charge in [-0.2, -0.15) is 0 Å². The van der Waals surface area contributed by atoms with Crippen LogP contribution >= 0.6 is 0 Å². The molecule has 4 rings (SSSR count). The van der Waals surface area contributed by atoms with Crippen molar-refractivity contribution in [3.63, 3.8) is 0 Å². The van der Waals surface area contributed by atoms with Crippen LogP contribution in [0.1, 0.15) is 40.0 Å². The van der Waals surface area contributed by atoms with Crippen molar-refractivity contribution in [2.24, 2.45) is 0 Å². The molecule has 0 N–H and O–H groups in total. The van der Waals surface area contributed by atoms with Crippen LogP contribution in [0.2, 0.25) is 0 Å². The lowest BCUT2D eigenvalue weighted by atomic mass is 10.1. The lowest BCUT2D eigenvalue weighted by Crippen LogP contribution is -2.29. The summed E-state index contributed by atoms with van der Waals surface area (Å²) in [6, 6.07) is 12.4. The first-order valence-electron chi connectivity index (χ1n) is 12.4. The first-order chi connectivity index (χ1) is 19.3. The normalized spacial score (nSPS) is 14.2. The van der Waals surface area contributed by atoms with Crippen molar-refractivity contribution in [3.05, 3.63) is 108 Å². The number of rotatable bonds is 11. The van der Waals surface area contributed by atoms with Gasteiger partial charge in [-0.3, -0.25) is 9.59 Å². The molecule has 0 aromatic heterocycles. The highest BCUT2D eigenvalue weighted by atomic mass is 16.5. The summed E-state index contributed by atoms with van der Waals surface area (Å²) in [6.45, 7) is 3.88. The summed E-state index contributed by atoms with van der Waals surface area (Å²) in [4.78, 5) is 60.6. The Morgan fingerprint density at radius 3 is 1.80 bits per heavy atom. The van der Waals surface area contributed by atoms with Gasteiger partial charge in [0.1, 0.15) is 17.3 Å². The Bertz CT molecular complexity index is 1400. The molecular formula is C30H25NO9. The first-order valence-corrected chi connectivity index (χ1v) is 12.4. The molecule has 0 fully saturated rings. The number of hydrogen-bond donors (Lipinski definition) is 0. The lowest BCUT2D eigenvalue weighted by Gasteiger charge is -2.16. The van der Waals surface area contributed by atoms with Crippen molar-refractivity contribution >= 4 is 35.4 Å². The van der Waals surface area contributed by atoms with Gasteiger partial charge in [0, 0.05) is 37.5 Å². The van der Waals surface area contributed by atoms with Gasteiger partial charge in [-0.25, -0.2) is 19.3 Å². The van der Waals surface area contributed by atoms with Gasteiger partial charge in [0.05, 0.1) is 30.0 Å². The summed E-state index contributed by atoms with van der Waals surface area (Å²) in [7, 11) is 0. The van der Waals surface area contributed by atoms with E-state index in [-0.39, 0.29) is 12.2 Å². The van der Waals surface area contributed by atoms with Crippen LogP contribution in [0.4, 0.5) is 5.69 Å². The van der Waals surface area contributed by atoms with Crippen LogP contribution in [-0.2, 0) is 28.6 Å². The fourth-order valence-electron chi connectivity index (χ4n) is 3.69. The van der Waals surface area contributed by atoms with Crippen molar-refractivity contribution in [1.82, 2.24) is 0 Å². The van der Waals surface area contributed by atoms with Crippen LogP contribution in [0.25, 0.3) is 0 Å². The maximum absolute atomic E-state index is 12.5. The number of carbonyl (C=O) groups excluding carboxylic acids is 5. The number of ether oxygens (including phenoxy) is 4. The SMILES string of the molecule is C=CC(=O)OCCCOc1ccc(C(=O)OC2=CC=C(OC(=O)c3ccc(N4C(=O)C=CC4=O)cc3)CC2)cc1. The third-order valence-corrected chi connectivity index (χ3v) is 5.75. The standard InChI is InChI=1S/C30H25NO9/c1-2-28(34)38-19-3-18-37-23-10-6-21(7-11-23)30(36)40-25-14-12-24(13-15-25)39-29(35)20-4-8-22(9-5-20)31-26(32)16-17-27(31)33/h2,4-12,14,16-17H,1,3,13,15,18-19H2. The number of esters is 3. The van der Waals surface area contributed by atoms with E-state index in [1.807, 2.05) is 0 Å². The third-order valence-electron chi connectivity index (χ3n) is 5.75. The first kappa shape index (κ1) is 27.8. The highest BCUT2D eigenvalue weighted by Gasteiger charge is 2.25. The molecule has 1 aliphatic heterocycles. The summed E-state index contributed by atoms with van der Waals surface area (Å²) in [6.07, 6.45) is 7.81. The van der Waals surface area contributed by atoms with E-state index in [1.165, 1.54) is 36.4 Å². The van der Waals surface area contributed by atoms with E-state index >= 15 is 0 Å². The third kappa shape index (κ3) is 7.19. The second kappa shape index (κ2) is 13.0. The molecular weight excluding hydrogens is 518 g/mol. The molecule has 1 aliphatic carbocycles. The maximum Gasteiger partial charge on any atom is 0.343 e. The maximum atomic E-state index is 12.5. The number of nitrogens with zero attached hydrogens (tertiary/aromatic N) is 1. The summed E-state index contributed by atoms with van der Waals surface area (Å²) >= 11 is 0. The van der Waals surface area contributed by atoms with Gasteiger partial charge >= 0.3 is 17.9 Å². The number of amides is 2. The molecule has 204 valence electrons. The molecule has 10 nitrogen and oxygen atoms in total. The second-order valence-corrected chi connectivity index (χ2v) is 8.54. The van der Waals surface area contributed by atoms with Crippen molar-refractivity contribution in [1.29, 1.82) is 0 Å². The van der Waals surface area contributed by atoms with E-state index in [4.69, 9.17) is 18.9 Å². The monoisotopic (exact) mass is 543 g/mol. The van der Waals surface area contributed by atoms with Crippen LogP contribution < -0.4 is 9.64 Å². The Kier molecular flexibility index (Phi) is 9.03. The van der Waals surface area contributed by atoms with Gasteiger partial charge in [0.15, 0.2) is 0 Å². The number of hydrogen-bond acceptors (Lipinski definition) is 9. The molecule has 0 radical (unpaired) electrons. The fraction of sp³-hybridized carbons (Fsp3) is 0.167. The molecule has 2 aromatic carbocycles. The zero-order valence-corrected chi connectivity index (χ0v) is 21.4. The Hall–Kier alpha value is -5.25. The molecule has 0 unspecified atom stereocenters. The smallest absolute Gasteiger partial charge is 0.343 e. The van der Waals surface area contributed by atoms with E-state index < -0.39 is 29.7 Å². The minimum absolute atomic E-state index is 0.218. The van der Waals surface area contributed by atoms with Crippen molar-refractivity contribution in [2.45, 2.75) is 19.3 Å². The Morgan fingerprint density at radius 1 is 0.775 bits per heavy atom. The minimum Gasteiger partial charge on any atom is -0.493 e. The van der Waals surface area contributed by atoms with Crippen molar-refractivity contribution < 1.29 is 42.9 Å². The Morgan fingerprint density at radius 2 is 1.30 bits per heavy atom. The van der Waals surface area contributed by atoms with Crippen LogP contribution in [-0.4, -0.2) is 42.9 Å². The fourth-order valence-corrected chi connectivity index (χ4v) is 3.69. The predicted octanol–water partition coefficient (Wildman–Crippen LogP) is 4.19. The summed E-state index contributed by atoms with van der Waals surface area (Å²) in [5.41, 5.74) is 0.945. The summed E-state index contributed by atoms with van der Waals surface area (Å²) in [5.74, 6) is -1.11. The van der Waals surface area contributed by atoms with Crippen LogP contribution in [0.5, 0.6) is 5.75 Å². The van der Waals surface area contributed by atoms with Gasteiger partial charge in [-0.15, -0.1) is 0 Å². The molecule has 40 heavy (non-hydrogen) atoms. The summed E-state index contributed by atoms with van der Waals surface area (Å²) < 4.78 is 21.3.